The zero-order chi connectivity index (χ0) is 16.1. The van der Waals surface area contributed by atoms with Crippen LogP contribution in [0.2, 0.25) is 10.0 Å². The maximum absolute atomic E-state index is 11.9. The van der Waals surface area contributed by atoms with E-state index in [1.807, 2.05) is 0 Å². The number of anilines is 1. The third-order valence-corrected chi connectivity index (χ3v) is 7.53. The van der Waals surface area contributed by atoms with E-state index in [1.54, 1.807) is 23.1 Å². The Labute approximate surface area is 142 Å². The van der Waals surface area contributed by atoms with E-state index < -0.39 is 9.84 Å². The van der Waals surface area contributed by atoms with Crippen molar-refractivity contribution in [1.82, 2.24) is 0 Å². The Balaban J connectivity index is 2.10. The van der Waals surface area contributed by atoms with Gasteiger partial charge in [0.2, 0.25) is 5.91 Å². The summed E-state index contributed by atoms with van der Waals surface area (Å²) in [4.78, 5) is 17.1. The highest BCUT2D eigenvalue weighted by Gasteiger charge is 2.49. The molecule has 1 amide bonds. The first-order valence-corrected chi connectivity index (χ1v) is 9.94. The van der Waals surface area contributed by atoms with E-state index in [4.69, 9.17) is 23.2 Å². The van der Waals surface area contributed by atoms with Gasteiger partial charge >= 0.3 is 0 Å². The van der Waals surface area contributed by atoms with Crippen molar-refractivity contribution < 1.29 is 13.2 Å². The van der Waals surface area contributed by atoms with Gasteiger partial charge in [0, 0.05) is 12.2 Å². The fourth-order valence-corrected chi connectivity index (χ4v) is 7.00. The number of nitrogens with zero attached hydrogens (tertiary/aromatic N) is 2. The van der Waals surface area contributed by atoms with Crippen LogP contribution in [0.15, 0.2) is 23.2 Å². The van der Waals surface area contributed by atoms with Gasteiger partial charge in [-0.3, -0.25) is 4.79 Å². The molecule has 1 aromatic rings. The third kappa shape index (κ3) is 2.87. The molecule has 2 aliphatic rings. The molecule has 5 nitrogen and oxygen atoms in total. The van der Waals surface area contributed by atoms with Crippen molar-refractivity contribution >= 4 is 61.6 Å². The molecule has 0 N–H and O–H groups in total. The SMILES string of the molecule is CC(=O)N=C1SC2CS(=O)(=O)CC2N1c1cccc(Cl)c1Cl. The van der Waals surface area contributed by atoms with Crippen molar-refractivity contribution in [2.24, 2.45) is 4.99 Å². The Morgan fingerprint density at radius 2 is 2.09 bits per heavy atom. The van der Waals surface area contributed by atoms with Gasteiger partial charge in [-0.1, -0.05) is 41.0 Å². The van der Waals surface area contributed by atoms with Crippen molar-refractivity contribution in [3.8, 4) is 0 Å². The lowest BCUT2D eigenvalue weighted by atomic mass is 10.2. The summed E-state index contributed by atoms with van der Waals surface area (Å²) in [5.41, 5.74) is 0.575. The lowest BCUT2D eigenvalue weighted by Gasteiger charge is -2.25. The van der Waals surface area contributed by atoms with Gasteiger partial charge in [-0.25, -0.2) is 8.42 Å². The Hall–Kier alpha value is -0.760. The molecule has 2 atom stereocenters. The molecule has 2 heterocycles. The van der Waals surface area contributed by atoms with Crippen LogP contribution in [-0.4, -0.2) is 42.3 Å². The largest absolute Gasteiger partial charge is 0.314 e. The summed E-state index contributed by atoms with van der Waals surface area (Å²) in [6.45, 7) is 1.36. The first kappa shape index (κ1) is 16.1. The Morgan fingerprint density at radius 3 is 2.77 bits per heavy atom. The van der Waals surface area contributed by atoms with Gasteiger partial charge in [-0.2, -0.15) is 4.99 Å². The maximum atomic E-state index is 11.9. The smallest absolute Gasteiger partial charge is 0.244 e. The molecule has 0 saturated carbocycles. The van der Waals surface area contributed by atoms with Crippen molar-refractivity contribution in [3.05, 3.63) is 28.2 Å². The van der Waals surface area contributed by atoms with E-state index >= 15 is 0 Å². The van der Waals surface area contributed by atoms with E-state index in [9.17, 15) is 13.2 Å². The van der Waals surface area contributed by atoms with E-state index in [1.165, 1.54) is 18.7 Å². The second kappa shape index (κ2) is 5.70. The zero-order valence-corrected chi connectivity index (χ0v) is 14.6. The van der Waals surface area contributed by atoms with Gasteiger partial charge in [0.1, 0.15) is 0 Å². The van der Waals surface area contributed by atoms with Crippen molar-refractivity contribution in [2.45, 2.75) is 18.2 Å². The van der Waals surface area contributed by atoms with Gasteiger partial charge in [0.15, 0.2) is 15.0 Å². The standard InChI is InChI=1S/C13H12Cl2N2O3S2/c1-7(18)16-13-17(9-4-2-3-8(14)12(9)15)10-5-22(19,20)6-11(10)21-13/h2-4,10-11H,5-6H2,1H3. The summed E-state index contributed by atoms with van der Waals surface area (Å²) >= 11 is 13.6. The minimum absolute atomic E-state index is 0.0183. The molecule has 2 aliphatic heterocycles. The summed E-state index contributed by atoms with van der Waals surface area (Å²) in [7, 11) is -3.10. The second-order valence-corrected chi connectivity index (χ2v) is 9.30. The van der Waals surface area contributed by atoms with E-state index in [2.05, 4.69) is 4.99 Å². The second-order valence-electron chi connectivity index (χ2n) is 5.16. The fourth-order valence-electron chi connectivity index (χ4n) is 2.66. The first-order valence-electron chi connectivity index (χ1n) is 6.48. The van der Waals surface area contributed by atoms with Gasteiger partial charge in [0.25, 0.3) is 0 Å². The molecule has 1 aromatic carbocycles. The summed E-state index contributed by atoms with van der Waals surface area (Å²) in [6.07, 6.45) is 0. The summed E-state index contributed by atoms with van der Waals surface area (Å²) in [5.74, 6) is -0.244. The van der Waals surface area contributed by atoms with Crippen molar-refractivity contribution in [1.29, 1.82) is 0 Å². The number of amides is 1. The minimum atomic E-state index is -3.10. The van der Waals surface area contributed by atoms with Crippen molar-refractivity contribution in [3.63, 3.8) is 0 Å². The van der Waals surface area contributed by atoms with Crippen LogP contribution < -0.4 is 4.90 Å². The maximum Gasteiger partial charge on any atom is 0.244 e. The molecule has 0 spiro atoms. The van der Waals surface area contributed by atoms with E-state index in [0.29, 0.717) is 20.9 Å². The highest BCUT2D eigenvalue weighted by atomic mass is 35.5. The number of amidine groups is 1. The van der Waals surface area contributed by atoms with E-state index in [0.717, 1.165) is 0 Å². The van der Waals surface area contributed by atoms with Gasteiger partial charge in [0.05, 0.1) is 33.3 Å². The van der Waals surface area contributed by atoms with E-state index in [-0.39, 0.29) is 28.7 Å². The number of hydrogen-bond acceptors (Lipinski definition) is 4. The molecule has 2 saturated heterocycles. The predicted molar refractivity (Wildman–Crippen MR) is 90.9 cm³/mol. The molecule has 22 heavy (non-hydrogen) atoms. The zero-order valence-electron chi connectivity index (χ0n) is 11.5. The van der Waals surface area contributed by atoms with Crippen LogP contribution in [0.4, 0.5) is 5.69 Å². The average Bonchev–Trinajstić information content (AvgIpc) is 2.84. The molecule has 118 valence electrons. The fraction of sp³-hybridized carbons (Fsp3) is 0.385. The van der Waals surface area contributed by atoms with Gasteiger partial charge in [-0.15, -0.1) is 0 Å². The minimum Gasteiger partial charge on any atom is -0.314 e. The number of hydrogen-bond donors (Lipinski definition) is 0. The number of carbonyl (C=O) groups is 1. The van der Waals surface area contributed by atoms with Crippen molar-refractivity contribution in [2.75, 3.05) is 16.4 Å². The molecule has 0 radical (unpaired) electrons. The Morgan fingerprint density at radius 1 is 1.36 bits per heavy atom. The van der Waals surface area contributed by atoms with Crippen LogP contribution in [0.5, 0.6) is 0 Å². The lowest BCUT2D eigenvalue weighted by Crippen LogP contribution is -2.37. The molecule has 2 fully saturated rings. The average molecular weight is 379 g/mol. The monoisotopic (exact) mass is 378 g/mol. The molecule has 0 bridgehead atoms. The predicted octanol–water partition coefficient (Wildman–Crippen LogP) is 2.61. The lowest BCUT2D eigenvalue weighted by molar-refractivity contribution is -0.115. The number of fused-ring (bicyclic) bond motifs is 1. The molecule has 2 unspecified atom stereocenters. The molecule has 0 aromatic heterocycles. The number of halogens is 2. The number of benzene rings is 1. The van der Waals surface area contributed by atoms with Crippen LogP contribution >= 0.6 is 35.0 Å². The van der Waals surface area contributed by atoms with Crippen LogP contribution in [-0.2, 0) is 14.6 Å². The molecular weight excluding hydrogens is 367 g/mol. The number of sulfone groups is 1. The van der Waals surface area contributed by atoms with Crippen LogP contribution in [0, 0.1) is 0 Å². The van der Waals surface area contributed by atoms with Gasteiger partial charge in [-0.05, 0) is 12.1 Å². The molecular formula is C13H12Cl2N2O3S2. The van der Waals surface area contributed by atoms with Gasteiger partial charge < -0.3 is 4.90 Å². The highest BCUT2D eigenvalue weighted by molar-refractivity contribution is 8.16. The quantitative estimate of drug-likeness (QED) is 0.751. The molecule has 0 aliphatic carbocycles. The summed E-state index contributed by atoms with van der Waals surface area (Å²) in [6, 6.07) is 4.85. The Kier molecular flexibility index (Phi) is 4.18. The number of thioether (sulfide) groups is 1. The normalized spacial score (nSPS) is 28.1. The number of rotatable bonds is 1. The number of carbonyl (C=O) groups excluding carboxylic acids is 1. The molecule has 3 rings (SSSR count). The highest BCUT2D eigenvalue weighted by Crippen LogP contribution is 2.44. The summed E-state index contributed by atoms with van der Waals surface area (Å²) < 4.78 is 23.8. The topological polar surface area (TPSA) is 66.8 Å². The van der Waals surface area contributed by atoms with Crippen LogP contribution in [0.25, 0.3) is 0 Å². The first-order chi connectivity index (χ1) is 10.3. The third-order valence-electron chi connectivity index (χ3n) is 3.51. The summed E-state index contributed by atoms with van der Waals surface area (Å²) in [5, 5.41) is 1.02. The number of aliphatic imine (C=N–C) groups is 1. The van der Waals surface area contributed by atoms with Crippen LogP contribution in [0.1, 0.15) is 6.92 Å². The van der Waals surface area contributed by atoms with Crippen LogP contribution in [0.3, 0.4) is 0 Å². The molecule has 9 heteroatoms. The Bertz CT molecular complexity index is 779.